The van der Waals surface area contributed by atoms with Gasteiger partial charge in [-0.3, -0.25) is 18.6 Å². The van der Waals surface area contributed by atoms with Gasteiger partial charge < -0.3 is 11.1 Å². The van der Waals surface area contributed by atoms with Crippen LogP contribution in [-0.2, 0) is 9.84 Å². The monoisotopic (exact) mass is 479 g/mol. The highest BCUT2D eigenvalue weighted by atomic mass is 32.3. The van der Waals surface area contributed by atoms with E-state index in [2.05, 4.69) is 10.4 Å². The molecule has 1 saturated heterocycles. The van der Waals surface area contributed by atoms with Gasteiger partial charge in [0.2, 0.25) is 0 Å². The zero-order valence-corrected chi connectivity index (χ0v) is 17.1. The van der Waals surface area contributed by atoms with Crippen molar-refractivity contribution in [2.45, 2.75) is 16.4 Å². The van der Waals surface area contributed by atoms with Gasteiger partial charge >= 0.3 is 5.51 Å². The maximum atomic E-state index is 12.6. The molecule has 10 nitrogen and oxygen atoms in total. The minimum atomic E-state index is -5.51. The fraction of sp³-hybridized carbons (Fsp3) is 0.312. The van der Waals surface area contributed by atoms with Crippen LogP contribution >= 0.6 is 10.6 Å². The fourth-order valence-electron chi connectivity index (χ4n) is 3.06. The Hall–Kier alpha value is -2.80. The molecule has 1 amide bonds. The van der Waals surface area contributed by atoms with Gasteiger partial charge in [-0.05, 0) is 24.3 Å². The highest BCUT2D eigenvalue weighted by Gasteiger charge is 2.46. The van der Waals surface area contributed by atoms with E-state index in [1.165, 1.54) is 10.9 Å². The summed E-state index contributed by atoms with van der Waals surface area (Å²) in [5.74, 6) is -2.06. The molecule has 1 aliphatic rings. The zero-order valence-electron chi connectivity index (χ0n) is 15.4. The lowest BCUT2D eigenvalue weighted by molar-refractivity contribution is -0.0436. The first-order chi connectivity index (χ1) is 14.2. The second kappa shape index (κ2) is 7.71. The van der Waals surface area contributed by atoms with Crippen molar-refractivity contribution in [3.8, 4) is 6.07 Å². The van der Waals surface area contributed by atoms with Crippen molar-refractivity contribution in [2.75, 3.05) is 16.8 Å². The van der Waals surface area contributed by atoms with E-state index in [0.29, 0.717) is 0 Å². The number of carbonyl (C=O) groups is 1. The van der Waals surface area contributed by atoms with Crippen LogP contribution in [0.25, 0.3) is 0 Å². The van der Waals surface area contributed by atoms with Crippen LogP contribution in [0.15, 0.2) is 35.4 Å². The van der Waals surface area contributed by atoms with Crippen molar-refractivity contribution in [1.29, 1.82) is 5.26 Å². The summed E-state index contributed by atoms with van der Waals surface area (Å²) in [6.45, 7) is 0. The van der Waals surface area contributed by atoms with Crippen molar-refractivity contribution >= 4 is 37.8 Å². The average Bonchev–Trinajstić information content (AvgIpc) is 3.21. The number of halogens is 3. The number of amides is 1. The number of hydrogen-bond donors (Lipinski definition) is 4. The summed E-state index contributed by atoms with van der Waals surface area (Å²) in [4.78, 5) is 10.8. The van der Waals surface area contributed by atoms with E-state index in [0.717, 1.165) is 24.3 Å². The van der Waals surface area contributed by atoms with Crippen LogP contribution in [0.5, 0.6) is 0 Å². The Morgan fingerprint density at radius 3 is 2.42 bits per heavy atom. The number of nitrogens with one attached hydrogen (secondary N) is 1. The minimum absolute atomic E-state index is 0.0982. The molecule has 2 atom stereocenters. The maximum Gasteiger partial charge on any atom is 0.501 e. The van der Waals surface area contributed by atoms with E-state index in [9.17, 15) is 40.8 Å². The van der Waals surface area contributed by atoms with Crippen molar-refractivity contribution in [3.05, 3.63) is 36.0 Å². The summed E-state index contributed by atoms with van der Waals surface area (Å²) in [5.41, 5.74) is -0.121. The van der Waals surface area contributed by atoms with Gasteiger partial charge in [0, 0.05) is 11.9 Å². The van der Waals surface area contributed by atoms with Crippen LogP contribution < -0.4 is 11.1 Å². The van der Waals surface area contributed by atoms with Crippen molar-refractivity contribution in [2.24, 2.45) is 11.7 Å². The molecule has 0 saturated carbocycles. The Morgan fingerprint density at radius 1 is 1.29 bits per heavy atom. The molecule has 2 aromatic rings. The van der Waals surface area contributed by atoms with Crippen LogP contribution in [-0.4, -0.2) is 50.2 Å². The molecule has 1 fully saturated rings. The molecule has 31 heavy (non-hydrogen) atoms. The Labute approximate surface area is 175 Å². The molecular formula is C16H16F3N5O5S2. The van der Waals surface area contributed by atoms with Gasteiger partial charge in [0.15, 0.2) is 5.82 Å². The number of carbonyl (C=O) groups excluding carboxylic acids is 1. The van der Waals surface area contributed by atoms with E-state index in [4.69, 9.17) is 5.73 Å². The molecule has 0 radical (unpaired) electrons. The molecular weight excluding hydrogens is 463 g/mol. The van der Waals surface area contributed by atoms with E-state index in [1.54, 1.807) is 0 Å². The second-order valence-corrected chi connectivity index (χ2v) is 11.0. The van der Waals surface area contributed by atoms with Crippen molar-refractivity contribution in [3.63, 3.8) is 0 Å². The lowest BCUT2D eigenvalue weighted by Crippen LogP contribution is -2.23. The first-order valence-electron chi connectivity index (χ1n) is 8.46. The number of benzene rings is 1. The lowest BCUT2D eigenvalue weighted by atomic mass is 10.1. The number of primary amides is 1. The van der Waals surface area contributed by atoms with Crippen molar-refractivity contribution in [1.82, 2.24) is 9.78 Å². The summed E-state index contributed by atoms with van der Waals surface area (Å²) in [6, 6.07) is 4.81. The molecule has 0 unspecified atom stereocenters. The van der Waals surface area contributed by atoms with Gasteiger partial charge in [0.1, 0.15) is 5.56 Å². The summed E-state index contributed by atoms with van der Waals surface area (Å²) in [6.07, 6.45) is 1.23. The third-order valence-electron chi connectivity index (χ3n) is 4.58. The summed E-state index contributed by atoms with van der Waals surface area (Å²) in [7, 11) is -8.50. The number of anilines is 2. The van der Waals surface area contributed by atoms with Gasteiger partial charge in [0.05, 0.1) is 34.4 Å². The van der Waals surface area contributed by atoms with E-state index < -0.39 is 48.7 Å². The molecule has 0 bridgehead atoms. The molecule has 168 valence electrons. The Morgan fingerprint density at radius 2 is 1.90 bits per heavy atom. The van der Waals surface area contributed by atoms with E-state index in [1.807, 2.05) is 6.07 Å². The van der Waals surface area contributed by atoms with Crippen LogP contribution in [0.1, 0.15) is 16.4 Å². The fourth-order valence-corrected chi connectivity index (χ4v) is 5.76. The molecule has 0 spiro atoms. The summed E-state index contributed by atoms with van der Waals surface area (Å²) < 4.78 is 81.9. The molecule has 2 heterocycles. The summed E-state index contributed by atoms with van der Waals surface area (Å²) >= 11 is 0. The Kier molecular flexibility index (Phi) is 5.69. The van der Waals surface area contributed by atoms with E-state index in [-0.39, 0.29) is 28.6 Å². The van der Waals surface area contributed by atoms with Crippen molar-refractivity contribution < 1.29 is 35.5 Å². The lowest BCUT2D eigenvalue weighted by Gasteiger charge is -2.25. The first kappa shape index (κ1) is 22.9. The van der Waals surface area contributed by atoms with Gasteiger partial charge in [-0.2, -0.15) is 34.1 Å². The smallest absolute Gasteiger partial charge is 0.365 e. The number of nitrogens with zero attached hydrogens (tertiary/aromatic N) is 3. The van der Waals surface area contributed by atoms with Crippen LogP contribution in [0.3, 0.4) is 0 Å². The standard InChI is InChI=1S/C16H16F3N5O5S2/c17-16(18,19)31(28,29)11-3-1-10(2-4-11)22-15-12(14(21)25)6-24(23-15)13-8-30(26,27)7-9(13)5-20/h1-4,6,9,13,26-27H,7-8H2,(H2,21,25)(H,22,23)/t9-,13-/m1/s1. The first-order valence-corrected chi connectivity index (χ1v) is 11.8. The number of rotatable bonds is 5. The molecule has 15 heteroatoms. The predicted molar refractivity (Wildman–Crippen MR) is 104 cm³/mol. The molecule has 5 N–H and O–H groups in total. The Bertz CT molecular complexity index is 1160. The normalized spacial score (nSPS) is 21.9. The number of alkyl halides is 3. The largest absolute Gasteiger partial charge is 0.501 e. The third-order valence-corrected chi connectivity index (χ3v) is 7.85. The average molecular weight is 479 g/mol. The number of hydrogen-bond acceptors (Lipinski definition) is 8. The highest BCUT2D eigenvalue weighted by Crippen LogP contribution is 2.52. The second-order valence-electron chi connectivity index (χ2n) is 6.77. The van der Waals surface area contributed by atoms with Gasteiger partial charge in [-0.1, -0.05) is 0 Å². The number of aromatic nitrogens is 2. The SMILES string of the molecule is N#C[C@@H]1CS(O)(O)C[C@H]1n1cc(C(N)=O)c(Nc2ccc(S(=O)(=O)C(F)(F)F)cc2)n1. The maximum absolute atomic E-state index is 12.6. The molecule has 0 aliphatic carbocycles. The van der Waals surface area contributed by atoms with Gasteiger partial charge in [-0.25, -0.2) is 8.42 Å². The molecule has 1 aliphatic heterocycles. The Balaban J connectivity index is 1.91. The van der Waals surface area contributed by atoms with Gasteiger partial charge in [-0.15, -0.1) is 0 Å². The topological polar surface area (TPSA) is 171 Å². The quantitative estimate of drug-likeness (QED) is 0.506. The summed E-state index contributed by atoms with van der Waals surface area (Å²) in [5, 5.41) is 16.1. The third kappa shape index (κ3) is 4.46. The highest BCUT2D eigenvalue weighted by molar-refractivity contribution is 8.24. The van der Waals surface area contributed by atoms with Gasteiger partial charge in [0.25, 0.3) is 15.7 Å². The predicted octanol–water partition coefficient (Wildman–Crippen LogP) is 2.46. The van der Waals surface area contributed by atoms with E-state index >= 15 is 0 Å². The minimum Gasteiger partial charge on any atom is -0.365 e. The molecule has 1 aromatic carbocycles. The number of nitriles is 1. The molecule has 3 rings (SSSR count). The zero-order chi connectivity index (χ0) is 23.2. The molecule has 1 aromatic heterocycles. The number of nitrogens with two attached hydrogens (primary N) is 1. The van der Waals surface area contributed by atoms with Crippen LogP contribution in [0, 0.1) is 17.2 Å². The van der Waals surface area contributed by atoms with Crippen LogP contribution in [0.2, 0.25) is 0 Å². The number of sulfone groups is 1. The van der Waals surface area contributed by atoms with Crippen LogP contribution in [0.4, 0.5) is 24.7 Å².